The van der Waals surface area contributed by atoms with Crippen LogP contribution in [0.4, 0.5) is 0 Å². The van der Waals surface area contributed by atoms with Gasteiger partial charge in [-0.05, 0) is 23.8 Å². The second-order valence-electron chi connectivity index (χ2n) is 5.15. The van der Waals surface area contributed by atoms with Crippen LogP contribution in [0.15, 0.2) is 67.0 Å². The smallest absolute Gasteiger partial charge is 0.119 e. The number of para-hydroxylation sites is 1. The van der Waals surface area contributed by atoms with Gasteiger partial charge in [-0.1, -0.05) is 36.4 Å². The number of imidazole rings is 1. The monoisotopic (exact) mass is 303 g/mol. The Morgan fingerprint density at radius 1 is 1.04 bits per heavy atom. The predicted molar refractivity (Wildman–Crippen MR) is 88.1 cm³/mol. The van der Waals surface area contributed by atoms with E-state index in [2.05, 4.69) is 15.6 Å². The summed E-state index contributed by atoms with van der Waals surface area (Å²) in [4.78, 5) is 4.40. The second kappa shape index (κ2) is 7.28. The zero-order valence-corrected chi connectivity index (χ0v) is 12.7. The number of hydrogen-bond donors (Lipinski definition) is 0. The molecule has 1 heterocycles. The van der Waals surface area contributed by atoms with E-state index in [1.165, 1.54) is 0 Å². The molecule has 4 heteroatoms. The summed E-state index contributed by atoms with van der Waals surface area (Å²) in [5.74, 6) is 1.81. The summed E-state index contributed by atoms with van der Waals surface area (Å²) in [5, 5.41) is 9.19. The largest absolute Gasteiger partial charge is 0.493 e. The van der Waals surface area contributed by atoms with E-state index in [0.717, 1.165) is 23.6 Å². The first-order valence-electron chi connectivity index (χ1n) is 7.52. The fraction of sp³-hybridized carbons (Fsp3) is 0.158. The molecular weight excluding hydrogens is 286 g/mol. The number of nitriles is 1. The lowest BCUT2D eigenvalue weighted by molar-refractivity contribution is 0.317. The van der Waals surface area contributed by atoms with Crippen molar-refractivity contribution in [2.24, 2.45) is 0 Å². The van der Waals surface area contributed by atoms with Gasteiger partial charge in [-0.2, -0.15) is 5.26 Å². The molecule has 0 aliphatic rings. The summed E-state index contributed by atoms with van der Waals surface area (Å²) in [7, 11) is 0. The highest BCUT2D eigenvalue weighted by Crippen LogP contribution is 2.12. The van der Waals surface area contributed by atoms with E-state index >= 15 is 0 Å². The molecule has 0 N–H and O–H groups in total. The molecule has 0 atom stereocenters. The van der Waals surface area contributed by atoms with Crippen molar-refractivity contribution in [3.8, 4) is 11.8 Å². The Labute approximate surface area is 135 Å². The van der Waals surface area contributed by atoms with Crippen LogP contribution in [0.5, 0.6) is 5.75 Å². The van der Waals surface area contributed by atoms with E-state index in [1.807, 2.05) is 60.8 Å². The van der Waals surface area contributed by atoms with Crippen LogP contribution in [0.25, 0.3) is 0 Å². The molecule has 0 amide bonds. The van der Waals surface area contributed by atoms with Crippen molar-refractivity contribution in [3.05, 3.63) is 83.9 Å². The Morgan fingerprint density at radius 3 is 2.65 bits per heavy atom. The number of hydrogen-bond acceptors (Lipinski definition) is 3. The molecule has 0 spiro atoms. The Hall–Kier alpha value is -3.06. The third kappa shape index (κ3) is 3.78. The highest BCUT2D eigenvalue weighted by atomic mass is 16.5. The molecule has 1 aromatic heterocycles. The average molecular weight is 303 g/mol. The van der Waals surface area contributed by atoms with Crippen molar-refractivity contribution in [1.82, 2.24) is 9.55 Å². The molecule has 0 unspecified atom stereocenters. The van der Waals surface area contributed by atoms with Gasteiger partial charge in [0.1, 0.15) is 11.6 Å². The predicted octanol–water partition coefficient (Wildman–Crippen LogP) is 3.42. The number of rotatable bonds is 6. The molecule has 0 saturated heterocycles. The zero-order chi connectivity index (χ0) is 15.9. The maximum atomic E-state index is 9.19. The van der Waals surface area contributed by atoms with Crippen LogP contribution in [0.1, 0.15) is 17.0 Å². The SMILES string of the molecule is N#Cc1ccccc1Cn1ccnc1CCOc1ccccc1. The number of benzene rings is 2. The lowest BCUT2D eigenvalue weighted by Crippen LogP contribution is -2.10. The minimum atomic E-state index is 0.570. The normalized spacial score (nSPS) is 10.2. The molecular formula is C19H17N3O. The van der Waals surface area contributed by atoms with E-state index < -0.39 is 0 Å². The Kier molecular flexibility index (Phi) is 4.70. The standard InChI is InChI=1S/C19H17N3O/c20-14-16-6-4-5-7-17(16)15-22-12-11-21-19(22)10-13-23-18-8-2-1-3-9-18/h1-9,11-12H,10,13,15H2. The fourth-order valence-electron chi connectivity index (χ4n) is 2.44. The van der Waals surface area contributed by atoms with Crippen molar-refractivity contribution in [2.45, 2.75) is 13.0 Å². The van der Waals surface area contributed by atoms with Crippen LogP contribution in [0.3, 0.4) is 0 Å². The van der Waals surface area contributed by atoms with Crippen LogP contribution >= 0.6 is 0 Å². The molecule has 0 saturated carbocycles. The van der Waals surface area contributed by atoms with Crippen LogP contribution in [0.2, 0.25) is 0 Å². The third-order valence-corrected chi connectivity index (χ3v) is 3.62. The maximum Gasteiger partial charge on any atom is 0.119 e. The summed E-state index contributed by atoms with van der Waals surface area (Å²) >= 11 is 0. The summed E-state index contributed by atoms with van der Waals surface area (Å²) in [6.07, 6.45) is 4.44. The van der Waals surface area contributed by atoms with Crippen molar-refractivity contribution in [1.29, 1.82) is 5.26 Å². The molecule has 0 aliphatic heterocycles. The molecule has 114 valence electrons. The Balaban J connectivity index is 1.64. The molecule has 2 aromatic carbocycles. The minimum absolute atomic E-state index is 0.570. The second-order valence-corrected chi connectivity index (χ2v) is 5.15. The molecule has 23 heavy (non-hydrogen) atoms. The topological polar surface area (TPSA) is 50.8 Å². The van der Waals surface area contributed by atoms with Crippen LogP contribution < -0.4 is 4.74 Å². The van der Waals surface area contributed by atoms with Gasteiger partial charge in [0.2, 0.25) is 0 Å². The lowest BCUT2D eigenvalue weighted by Gasteiger charge is -2.10. The first-order chi connectivity index (χ1) is 11.4. The van der Waals surface area contributed by atoms with Gasteiger partial charge in [0, 0.05) is 18.8 Å². The van der Waals surface area contributed by atoms with E-state index in [9.17, 15) is 5.26 Å². The van der Waals surface area contributed by atoms with E-state index in [0.29, 0.717) is 18.7 Å². The van der Waals surface area contributed by atoms with E-state index in [4.69, 9.17) is 4.74 Å². The summed E-state index contributed by atoms with van der Waals surface area (Å²) in [6.45, 7) is 1.21. The van der Waals surface area contributed by atoms with Crippen LogP contribution in [-0.4, -0.2) is 16.2 Å². The number of aromatic nitrogens is 2. The lowest BCUT2D eigenvalue weighted by atomic mass is 10.1. The van der Waals surface area contributed by atoms with Gasteiger partial charge in [-0.25, -0.2) is 4.98 Å². The molecule has 0 aliphatic carbocycles. The van der Waals surface area contributed by atoms with E-state index in [1.54, 1.807) is 6.20 Å². The summed E-state index contributed by atoms with van der Waals surface area (Å²) in [5.41, 5.74) is 1.70. The molecule has 0 bridgehead atoms. The molecule has 0 radical (unpaired) electrons. The average Bonchev–Trinajstić information content (AvgIpc) is 3.03. The molecule has 0 fully saturated rings. The van der Waals surface area contributed by atoms with Crippen molar-refractivity contribution in [3.63, 3.8) is 0 Å². The van der Waals surface area contributed by atoms with Gasteiger partial charge in [0.25, 0.3) is 0 Å². The Morgan fingerprint density at radius 2 is 1.83 bits per heavy atom. The van der Waals surface area contributed by atoms with Crippen molar-refractivity contribution < 1.29 is 4.74 Å². The summed E-state index contributed by atoms with van der Waals surface area (Å²) < 4.78 is 7.78. The third-order valence-electron chi connectivity index (χ3n) is 3.62. The van der Waals surface area contributed by atoms with Gasteiger partial charge < -0.3 is 9.30 Å². The Bertz CT molecular complexity index is 803. The van der Waals surface area contributed by atoms with Crippen LogP contribution in [0, 0.1) is 11.3 Å². The molecule has 3 aromatic rings. The van der Waals surface area contributed by atoms with Gasteiger partial charge >= 0.3 is 0 Å². The van der Waals surface area contributed by atoms with Gasteiger partial charge in [0.05, 0.1) is 24.8 Å². The van der Waals surface area contributed by atoms with Crippen LogP contribution in [-0.2, 0) is 13.0 Å². The highest BCUT2D eigenvalue weighted by Gasteiger charge is 2.07. The van der Waals surface area contributed by atoms with Gasteiger partial charge in [0.15, 0.2) is 0 Å². The van der Waals surface area contributed by atoms with Gasteiger partial charge in [-0.15, -0.1) is 0 Å². The number of ether oxygens (including phenoxy) is 1. The zero-order valence-electron chi connectivity index (χ0n) is 12.7. The quantitative estimate of drug-likeness (QED) is 0.701. The molecule has 4 nitrogen and oxygen atoms in total. The number of nitrogens with zero attached hydrogens (tertiary/aromatic N) is 3. The van der Waals surface area contributed by atoms with Crippen molar-refractivity contribution in [2.75, 3.05) is 6.61 Å². The minimum Gasteiger partial charge on any atom is -0.493 e. The first-order valence-corrected chi connectivity index (χ1v) is 7.52. The highest BCUT2D eigenvalue weighted by molar-refractivity contribution is 5.37. The van der Waals surface area contributed by atoms with E-state index in [-0.39, 0.29) is 0 Å². The maximum absolute atomic E-state index is 9.19. The summed E-state index contributed by atoms with van der Waals surface area (Å²) in [6, 6.07) is 19.6. The fourth-order valence-corrected chi connectivity index (χ4v) is 2.44. The molecule has 3 rings (SSSR count). The van der Waals surface area contributed by atoms with Crippen molar-refractivity contribution >= 4 is 0 Å². The first kappa shape index (κ1) is 14.9. The van der Waals surface area contributed by atoms with Gasteiger partial charge in [-0.3, -0.25) is 0 Å².